The van der Waals surface area contributed by atoms with Crippen molar-refractivity contribution in [1.29, 1.82) is 0 Å². The summed E-state index contributed by atoms with van der Waals surface area (Å²) in [4.78, 5) is 2.05. The Morgan fingerprint density at radius 2 is 2.00 bits per heavy atom. The fraction of sp³-hybridized carbons (Fsp3) is 0.400. The summed E-state index contributed by atoms with van der Waals surface area (Å²) in [6, 6.07) is 3.86. The fourth-order valence-corrected chi connectivity index (χ4v) is 2.90. The molecule has 1 unspecified atom stereocenters. The van der Waals surface area contributed by atoms with Crippen LogP contribution in [0, 0.1) is 11.6 Å². The Bertz CT molecular complexity index is 606. The maximum atomic E-state index is 13.4. The molecular weight excluding hydrogens is 274 g/mol. The summed E-state index contributed by atoms with van der Waals surface area (Å²) in [5.41, 5.74) is 7.16. The molecule has 0 amide bonds. The van der Waals surface area contributed by atoms with Crippen LogP contribution in [-0.4, -0.2) is 22.4 Å². The van der Waals surface area contributed by atoms with Crippen LogP contribution in [0.1, 0.15) is 18.4 Å². The molecule has 3 rings (SSSR count). The summed E-state index contributed by atoms with van der Waals surface area (Å²) >= 11 is 0. The van der Waals surface area contributed by atoms with E-state index >= 15 is 0 Å². The zero-order chi connectivity index (χ0) is 14.8. The number of anilines is 1. The van der Waals surface area contributed by atoms with Crippen molar-refractivity contribution in [2.75, 3.05) is 11.4 Å². The van der Waals surface area contributed by atoms with E-state index in [1.165, 1.54) is 12.1 Å². The molecule has 2 aromatic rings. The third-order valence-corrected chi connectivity index (χ3v) is 3.88. The second-order valence-electron chi connectivity index (χ2n) is 5.39. The van der Waals surface area contributed by atoms with Crippen LogP contribution in [0.15, 0.2) is 30.6 Å². The van der Waals surface area contributed by atoms with Gasteiger partial charge in [-0.05, 0) is 25.0 Å². The summed E-state index contributed by atoms with van der Waals surface area (Å²) in [6.07, 6.45) is 5.66. The van der Waals surface area contributed by atoms with E-state index in [0.29, 0.717) is 18.8 Å². The quantitative estimate of drug-likeness (QED) is 0.940. The van der Waals surface area contributed by atoms with Gasteiger partial charge in [0.2, 0.25) is 0 Å². The largest absolute Gasteiger partial charge is 0.367 e. The SMILES string of the molecule is NCc1cnn(CC2CCCN2c2cc(F)cc(F)c2)c1. The van der Waals surface area contributed by atoms with Crippen molar-refractivity contribution in [3.8, 4) is 0 Å². The maximum absolute atomic E-state index is 13.4. The molecule has 1 aliphatic heterocycles. The highest BCUT2D eigenvalue weighted by Gasteiger charge is 2.26. The molecule has 1 saturated heterocycles. The monoisotopic (exact) mass is 292 g/mol. The van der Waals surface area contributed by atoms with E-state index in [0.717, 1.165) is 31.0 Å². The Hall–Kier alpha value is -1.95. The lowest BCUT2D eigenvalue weighted by atomic mass is 10.2. The normalized spacial score (nSPS) is 18.4. The molecule has 0 bridgehead atoms. The Morgan fingerprint density at radius 3 is 2.67 bits per heavy atom. The fourth-order valence-electron chi connectivity index (χ4n) is 2.90. The molecule has 0 spiro atoms. The predicted molar refractivity (Wildman–Crippen MR) is 76.8 cm³/mol. The molecule has 4 nitrogen and oxygen atoms in total. The minimum Gasteiger partial charge on any atom is -0.367 e. The lowest BCUT2D eigenvalue weighted by Gasteiger charge is -2.27. The Labute approximate surface area is 122 Å². The standard InChI is InChI=1S/C15H18F2N4/c16-12-4-13(17)6-15(5-12)21-3-1-2-14(21)10-20-9-11(7-18)8-19-20/h4-6,8-9,14H,1-3,7,10,18H2. The molecule has 1 fully saturated rings. The highest BCUT2D eigenvalue weighted by Crippen LogP contribution is 2.27. The molecule has 1 aromatic carbocycles. The number of hydrogen-bond acceptors (Lipinski definition) is 3. The summed E-state index contributed by atoms with van der Waals surface area (Å²) in [6.45, 7) is 1.96. The average Bonchev–Trinajstić information content (AvgIpc) is 3.07. The van der Waals surface area contributed by atoms with Crippen LogP contribution in [0.5, 0.6) is 0 Å². The topological polar surface area (TPSA) is 47.1 Å². The lowest BCUT2D eigenvalue weighted by molar-refractivity contribution is 0.507. The predicted octanol–water partition coefficient (Wildman–Crippen LogP) is 2.29. The van der Waals surface area contributed by atoms with E-state index in [2.05, 4.69) is 10.00 Å². The van der Waals surface area contributed by atoms with E-state index in [9.17, 15) is 8.78 Å². The van der Waals surface area contributed by atoms with Gasteiger partial charge in [-0.15, -0.1) is 0 Å². The van der Waals surface area contributed by atoms with E-state index in [1.54, 1.807) is 6.20 Å². The van der Waals surface area contributed by atoms with Gasteiger partial charge < -0.3 is 10.6 Å². The smallest absolute Gasteiger partial charge is 0.128 e. The first-order valence-corrected chi connectivity index (χ1v) is 7.10. The molecular formula is C15H18F2N4. The van der Waals surface area contributed by atoms with Gasteiger partial charge in [-0.2, -0.15) is 5.10 Å². The van der Waals surface area contributed by atoms with Crippen LogP contribution >= 0.6 is 0 Å². The molecule has 21 heavy (non-hydrogen) atoms. The Morgan fingerprint density at radius 1 is 1.24 bits per heavy atom. The first-order valence-electron chi connectivity index (χ1n) is 7.10. The van der Waals surface area contributed by atoms with Gasteiger partial charge >= 0.3 is 0 Å². The average molecular weight is 292 g/mol. The van der Waals surface area contributed by atoms with Crippen LogP contribution < -0.4 is 10.6 Å². The van der Waals surface area contributed by atoms with Crippen molar-refractivity contribution < 1.29 is 8.78 Å². The van der Waals surface area contributed by atoms with E-state index < -0.39 is 11.6 Å². The zero-order valence-electron chi connectivity index (χ0n) is 11.7. The molecule has 2 heterocycles. The van der Waals surface area contributed by atoms with Crippen molar-refractivity contribution in [2.45, 2.75) is 32.0 Å². The third-order valence-electron chi connectivity index (χ3n) is 3.88. The minimum atomic E-state index is -0.542. The summed E-state index contributed by atoms with van der Waals surface area (Å²) < 4.78 is 28.6. The third kappa shape index (κ3) is 3.05. The van der Waals surface area contributed by atoms with Crippen molar-refractivity contribution in [3.05, 3.63) is 47.8 Å². The number of halogens is 2. The molecule has 1 aromatic heterocycles. The van der Waals surface area contributed by atoms with Crippen molar-refractivity contribution in [1.82, 2.24) is 9.78 Å². The van der Waals surface area contributed by atoms with Crippen molar-refractivity contribution >= 4 is 5.69 Å². The van der Waals surface area contributed by atoms with E-state index in [1.807, 2.05) is 10.9 Å². The molecule has 112 valence electrons. The summed E-state index contributed by atoms with van der Waals surface area (Å²) in [7, 11) is 0. The Kier molecular flexibility index (Phi) is 3.88. The van der Waals surface area contributed by atoms with Gasteiger partial charge in [0.1, 0.15) is 11.6 Å². The lowest BCUT2D eigenvalue weighted by Crippen LogP contribution is -2.33. The molecule has 0 radical (unpaired) electrons. The van der Waals surface area contributed by atoms with Crippen LogP contribution in [0.2, 0.25) is 0 Å². The van der Waals surface area contributed by atoms with E-state index in [-0.39, 0.29) is 6.04 Å². The first kappa shape index (κ1) is 14.0. The number of hydrogen-bond donors (Lipinski definition) is 1. The molecule has 1 aliphatic rings. The summed E-state index contributed by atoms with van der Waals surface area (Å²) in [5, 5.41) is 4.28. The van der Waals surface area contributed by atoms with Crippen LogP contribution in [-0.2, 0) is 13.1 Å². The van der Waals surface area contributed by atoms with Gasteiger partial charge in [0.05, 0.1) is 12.7 Å². The van der Waals surface area contributed by atoms with Crippen molar-refractivity contribution in [3.63, 3.8) is 0 Å². The van der Waals surface area contributed by atoms with Crippen LogP contribution in [0.3, 0.4) is 0 Å². The Balaban J connectivity index is 1.78. The van der Waals surface area contributed by atoms with Crippen LogP contribution in [0.25, 0.3) is 0 Å². The molecule has 6 heteroatoms. The van der Waals surface area contributed by atoms with Gasteiger partial charge in [0.15, 0.2) is 0 Å². The number of aromatic nitrogens is 2. The number of rotatable bonds is 4. The number of nitrogens with zero attached hydrogens (tertiary/aromatic N) is 3. The van der Waals surface area contributed by atoms with Gasteiger partial charge in [0, 0.05) is 42.6 Å². The summed E-state index contributed by atoms with van der Waals surface area (Å²) in [5.74, 6) is -1.08. The zero-order valence-corrected chi connectivity index (χ0v) is 11.7. The first-order chi connectivity index (χ1) is 10.2. The number of benzene rings is 1. The maximum Gasteiger partial charge on any atom is 0.128 e. The van der Waals surface area contributed by atoms with Gasteiger partial charge in [-0.3, -0.25) is 4.68 Å². The molecule has 1 atom stereocenters. The van der Waals surface area contributed by atoms with Gasteiger partial charge in [-0.1, -0.05) is 0 Å². The highest BCUT2D eigenvalue weighted by molar-refractivity contribution is 5.48. The number of nitrogens with two attached hydrogens (primary N) is 1. The molecule has 0 saturated carbocycles. The highest BCUT2D eigenvalue weighted by atomic mass is 19.1. The second-order valence-corrected chi connectivity index (χ2v) is 5.39. The second kappa shape index (κ2) is 5.81. The van der Waals surface area contributed by atoms with Gasteiger partial charge in [0.25, 0.3) is 0 Å². The molecule has 0 aliphatic carbocycles. The van der Waals surface area contributed by atoms with Gasteiger partial charge in [-0.25, -0.2) is 8.78 Å². The van der Waals surface area contributed by atoms with E-state index in [4.69, 9.17) is 5.73 Å². The van der Waals surface area contributed by atoms with Crippen LogP contribution in [0.4, 0.5) is 14.5 Å². The molecule has 2 N–H and O–H groups in total. The van der Waals surface area contributed by atoms with Crippen molar-refractivity contribution in [2.24, 2.45) is 5.73 Å². The minimum absolute atomic E-state index is 0.191.